The van der Waals surface area contributed by atoms with Crippen molar-refractivity contribution in [2.24, 2.45) is 5.92 Å². The molecule has 1 aromatic carbocycles. The van der Waals surface area contributed by atoms with Crippen molar-refractivity contribution in [1.82, 2.24) is 10.6 Å². The van der Waals surface area contributed by atoms with E-state index in [-0.39, 0.29) is 30.2 Å². The smallest absolute Gasteiger partial charge is 0.237 e. The number of halogens is 1. The van der Waals surface area contributed by atoms with E-state index in [1.54, 1.807) is 24.3 Å². The first-order chi connectivity index (χ1) is 9.60. The molecule has 0 radical (unpaired) electrons. The minimum Gasteiger partial charge on any atom is -0.347 e. The van der Waals surface area contributed by atoms with Gasteiger partial charge in [-0.05, 0) is 18.6 Å². The van der Waals surface area contributed by atoms with Crippen LogP contribution in [0.4, 0.5) is 0 Å². The fourth-order valence-corrected chi connectivity index (χ4v) is 2.33. The zero-order valence-corrected chi connectivity index (χ0v) is 12.3. The van der Waals surface area contributed by atoms with Crippen molar-refractivity contribution in [3.05, 3.63) is 34.3 Å². The second-order valence-corrected chi connectivity index (χ2v) is 5.59. The van der Waals surface area contributed by atoms with Gasteiger partial charge in [0.05, 0.1) is 24.6 Å². The Morgan fingerprint density at radius 2 is 2.10 bits per heavy atom. The lowest BCUT2D eigenvalue weighted by Gasteiger charge is -2.10. The Morgan fingerprint density at radius 3 is 2.70 bits per heavy atom. The van der Waals surface area contributed by atoms with E-state index < -0.39 is 0 Å². The highest BCUT2D eigenvalue weighted by Gasteiger charge is 2.29. The molecule has 104 valence electrons. The highest BCUT2D eigenvalue weighted by molar-refractivity contribution is 9.10. The van der Waals surface area contributed by atoms with Crippen LogP contribution in [0.25, 0.3) is 0 Å². The van der Waals surface area contributed by atoms with Crippen LogP contribution >= 0.6 is 15.9 Å². The number of nitrogens with one attached hydrogen (secondary N) is 2. The maximum absolute atomic E-state index is 11.9. The molecular weight excluding hydrogens is 322 g/mol. The number of carbonyl (C=O) groups excluding carboxylic acids is 2. The van der Waals surface area contributed by atoms with Crippen molar-refractivity contribution >= 4 is 27.6 Å². The molecule has 6 heteroatoms. The third kappa shape index (κ3) is 3.65. The zero-order chi connectivity index (χ0) is 14.5. The summed E-state index contributed by atoms with van der Waals surface area (Å²) in [6.07, 6.45) is 0.495. The molecule has 1 heterocycles. The monoisotopic (exact) mass is 335 g/mol. The molecular formula is C14H14BrN3O2. The Morgan fingerprint density at radius 1 is 1.40 bits per heavy atom. The van der Waals surface area contributed by atoms with Crippen molar-refractivity contribution in [2.75, 3.05) is 13.1 Å². The van der Waals surface area contributed by atoms with E-state index in [1.165, 1.54) is 0 Å². The molecule has 0 aromatic heterocycles. The summed E-state index contributed by atoms with van der Waals surface area (Å²) in [4.78, 5) is 23.7. The molecule has 0 spiro atoms. The van der Waals surface area contributed by atoms with Gasteiger partial charge in [-0.25, -0.2) is 0 Å². The molecule has 0 bridgehead atoms. The van der Waals surface area contributed by atoms with Crippen LogP contribution in [0.3, 0.4) is 0 Å². The zero-order valence-electron chi connectivity index (χ0n) is 10.7. The summed E-state index contributed by atoms with van der Waals surface area (Å²) in [5.41, 5.74) is 0.558. The van der Waals surface area contributed by atoms with Crippen LogP contribution in [0.2, 0.25) is 0 Å². The number of nitriles is 1. The number of hydrogen-bond acceptors (Lipinski definition) is 4. The van der Waals surface area contributed by atoms with Crippen molar-refractivity contribution in [3.63, 3.8) is 0 Å². The summed E-state index contributed by atoms with van der Waals surface area (Å²) in [6.45, 7) is 0.491. The number of hydrogen-bond donors (Lipinski definition) is 2. The van der Waals surface area contributed by atoms with E-state index in [1.807, 2.05) is 0 Å². The van der Waals surface area contributed by atoms with Crippen LogP contribution in [0.1, 0.15) is 16.8 Å². The van der Waals surface area contributed by atoms with Gasteiger partial charge >= 0.3 is 0 Å². The minimum atomic E-state index is -0.377. The number of benzene rings is 1. The maximum Gasteiger partial charge on any atom is 0.237 e. The number of nitrogens with zero attached hydrogens (tertiary/aromatic N) is 1. The molecule has 2 N–H and O–H groups in total. The molecule has 2 rings (SSSR count). The van der Waals surface area contributed by atoms with Gasteiger partial charge in [0.25, 0.3) is 0 Å². The fourth-order valence-electron chi connectivity index (χ4n) is 2.06. The molecule has 20 heavy (non-hydrogen) atoms. The Bertz CT molecular complexity index is 551. The first-order valence-corrected chi connectivity index (χ1v) is 7.09. The molecule has 1 saturated heterocycles. The standard InChI is InChI=1S/C14H14BrN3O2/c15-11-3-1-10(2-4-11)13(19)8-18-14(20)12-5-9(6-16)7-17-12/h1-4,9,12,17H,5,7-8H2,(H,18,20). The van der Waals surface area contributed by atoms with Crippen molar-refractivity contribution < 1.29 is 9.59 Å². The van der Waals surface area contributed by atoms with E-state index in [4.69, 9.17) is 5.26 Å². The first kappa shape index (κ1) is 14.7. The van der Waals surface area contributed by atoms with Gasteiger partial charge in [0, 0.05) is 16.6 Å². The molecule has 1 fully saturated rings. The second kappa shape index (κ2) is 6.64. The summed E-state index contributed by atoms with van der Waals surface area (Å²) < 4.78 is 0.899. The Hall–Kier alpha value is -1.71. The predicted molar refractivity (Wildman–Crippen MR) is 77.0 cm³/mol. The SMILES string of the molecule is N#CC1CNC(C(=O)NCC(=O)c2ccc(Br)cc2)C1. The highest BCUT2D eigenvalue weighted by Crippen LogP contribution is 2.13. The normalized spacial score (nSPS) is 21.2. The average molecular weight is 336 g/mol. The minimum absolute atomic E-state index is 0.0319. The van der Waals surface area contributed by atoms with Gasteiger partial charge < -0.3 is 10.6 Å². The largest absolute Gasteiger partial charge is 0.347 e. The molecule has 5 nitrogen and oxygen atoms in total. The van der Waals surface area contributed by atoms with Crippen molar-refractivity contribution in [1.29, 1.82) is 5.26 Å². The number of ketones is 1. The van der Waals surface area contributed by atoms with Crippen LogP contribution in [0.5, 0.6) is 0 Å². The number of Topliss-reactive ketones (excluding diaryl/α,β-unsaturated/α-hetero) is 1. The first-order valence-electron chi connectivity index (χ1n) is 6.29. The number of amides is 1. The predicted octanol–water partition coefficient (Wildman–Crippen LogP) is 1.25. The van der Waals surface area contributed by atoms with Gasteiger partial charge in [0.2, 0.25) is 5.91 Å². The van der Waals surface area contributed by atoms with E-state index >= 15 is 0 Å². The van der Waals surface area contributed by atoms with Gasteiger partial charge in [-0.3, -0.25) is 9.59 Å². The fraction of sp³-hybridized carbons (Fsp3) is 0.357. The van der Waals surface area contributed by atoms with Crippen molar-refractivity contribution in [2.45, 2.75) is 12.5 Å². The number of carbonyl (C=O) groups is 2. The summed E-state index contributed by atoms with van der Waals surface area (Å²) in [6, 6.07) is 8.73. The summed E-state index contributed by atoms with van der Waals surface area (Å²) >= 11 is 3.30. The third-order valence-electron chi connectivity index (χ3n) is 3.22. The van der Waals surface area contributed by atoms with Crippen LogP contribution in [0, 0.1) is 17.2 Å². The Balaban J connectivity index is 1.83. The maximum atomic E-state index is 11.9. The third-order valence-corrected chi connectivity index (χ3v) is 3.75. The van der Waals surface area contributed by atoms with Gasteiger partial charge in [-0.2, -0.15) is 5.26 Å². The van der Waals surface area contributed by atoms with Crippen molar-refractivity contribution in [3.8, 4) is 6.07 Å². The lowest BCUT2D eigenvalue weighted by atomic mass is 10.1. The topological polar surface area (TPSA) is 82.0 Å². The number of rotatable bonds is 4. The Kier molecular flexibility index (Phi) is 4.88. The molecule has 1 aliphatic heterocycles. The molecule has 2 atom stereocenters. The highest BCUT2D eigenvalue weighted by atomic mass is 79.9. The van der Waals surface area contributed by atoms with Gasteiger partial charge in [0.15, 0.2) is 5.78 Å². The molecule has 2 unspecified atom stereocenters. The van der Waals surface area contributed by atoms with Gasteiger partial charge in [0.1, 0.15) is 0 Å². The summed E-state index contributed by atoms with van der Waals surface area (Å²) in [5, 5.41) is 14.4. The lowest BCUT2D eigenvalue weighted by Crippen LogP contribution is -2.42. The molecule has 0 aliphatic carbocycles. The van der Waals surface area contributed by atoms with E-state index in [2.05, 4.69) is 32.6 Å². The van der Waals surface area contributed by atoms with Crippen LogP contribution in [0.15, 0.2) is 28.7 Å². The quantitative estimate of drug-likeness (QED) is 0.811. The summed E-state index contributed by atoms with van der Waals surface area (Å²) in [7, 11) is 0. The Labute approximate surface area is 125 Å². The van der Waals surface area contributed by atoms with E-state index in [0.717, 1.165) is 4.47 Å². The molecule has 1 amide bonds. The van der Waals surface area contributed by atoms with Crippen LogP contribution < -0.4 is 10.6 Å². The van der Waals surface area contributed by atoms with Gasteiger partial charge in [-0.15, -0.1) is 0 Å². The molecule has 1 aromatic rings. The average Bonchev–Trinajstić information content (AvgIpc) is 2.94. The van der Waals surface area contributed by atoms with Gasteiger partial charge in [-0.1, -0.05) is 28.1 Å². The van der Waals surface area contributed by atoms with E-state index in [9.17, 15) is 9.59 Å². The van der Waals surface area contributed by atoms with E-state index in [0.29, 0.717) is 18.5 Å². The summed E-state index contributed by atoms with van der Waals surface area (Å²) in [5.74, 6) is -0.498. The second-order valence-electron chi connectivity index (χ2n) is 4.67. The molecule has 0 saturated carbocycles. The van der Waals surface area contributed by atoms with Crippen LogP contribution in [-0.2, 0) is 4.79 Å². The van der Waals surface area contributed by atoms with Crippen LogP contribution in [-0.4, -0.2) is 30.8 Å². The lowest BCUT2D eigenvalue weighted by molar-refractivity contribution is -0.122. The molecule has 1 aliphatic rings.